The van der Waals surface area contributed by atoms with E-state index in [-0.39, 0.29) is 11.3 Å². The molecule has 1 saturated heterocycles. The number of benzene rings is 2. The van der Waals surface area contributed by atoms with Crippen LogP contribution in [0.3, 0.4) is 0 Å². The molecular weight excluding hydrogens is 404 g/mol. The second-order valence-electron chi connectivity index (χ2n) is 6.91. The highest BCUT2D eigenvalue weighted by atomic mass is 35.5. The van der Waals surface area contributed by atoms with Gasteiger partial charge in [0.2, 0.25) is 0 Å². The molecule has 0 bridgehead atoms. The van der Waals surface area contributed by atoms with Gasteiger partial charge in [-0.25, -0.2) is 0 Å². The van der Waals surface area contributed by atoms with Crippen LogP contribution in [0.5, 0.6) is 0 Å². The molecule has 1 amide bonds. The van der Waals surface area contributed by atoms with Gasteiger partial charge in [-0.05, 0) is 36.4 Å². The summed E-state index contributed by atoms with van der Waals surface area (Å²) in [6.45, 7) is 0. The first-order chi connectivity index (χ1) is 14.6. The van der Waals surface area contributed by atoms with E-state index in [4.69, 9.17) is 16.0 Å². The molecule has 6 nitrogen and oxygen atoms in total. The number of para-hydroxylation sites is 1. The fourth-order valence-electron chi connectivity index (χ4n) is 3.85. The lowest BCUT2D eigenvalue weighted by molar-refractivity contribution is -0.132. The number of hydrogen-bond acceptors (Lipinski definition) is 4. The standard InChI is InChI=1S/C23H15ClN2O4/c24-13-5-3-6-14(11-13)26-20(18-9-4-10-30-18)19(22(28)23(26)29)21(27)16-12-25-17-8-2-1-7-15(16)17/h1-12,20,25,27H/b21-19-. The quantitative estimate of drug-likeness (QED) is 0.277. The first-order valence-electron chi connectivity index (χ1n) is 9.22. The van der Waals surface area contributed by atoms with Crippen molar-refractivity contribution in [3.63, 3.8) is 0 Å². The van der Waals surface area contributed by atoms with Crippen molar-refractivity contribution in [2.24, 2.45) is 0 Å². The van der Waals surface area contributed by atoms with E-state index in [9.17, 15) is 14.7 Å². The van der Waals surface area contributed by atoms with Crippen molar-refractivity contribution in [2.45, 2.75) is 6.04 Å². The largest absolute Gasteiger partial charge is 0.507 e. The molecule has 2 aromatic carbocycles. The lowest BCUT2D eigenvalue weighted by atomic mass is 9.99. The molecule has 0 spiro atoms. The van der Waals surface area contributed by atoms with Gasteiger partial charge in [0, 0.05) is 33.4 Å². The second-order valence-corrected chi connectivity index (χ2v) is 7.35. The van der Waals surface area contributed by atoms with Gasteiger partial charge in [-0.2, -0.15) is 0 Å². The van der Waals surface area contributed by atoms with Crippen molar-refractivity contribution < 1.29 is 19.1 Å². The van der Waals surface area contributed by atoms with Gasteiger partial charge >= 0.3 is 0 Å². The van der Waals surface area contributed by atoms with E-state index < -0.39 is 17.7 Å². The molecule has 30 heavy (non-hydrogen) atoms. The predicted octanol–water partition coefficient (Wildman–Crippen LogP) is 5.04. The number of rotatable bonds is 3. The van der Waals surface area contributed by atoms with Crippen LogP contribution in [0.1, 0.15) is 17.4 Å². The van der Waals surface area contributed by atoms with Crippen LogP contribution in [0, 0.1) is 0 Å². The third kappa shape index (κ3) is 2.73. The van der Waals surface area contributed by atoms with Crippen molar-refractivity contribution >= 4 is 45.6 Å². The maximum Gasteiger partial charge on any atom is 0.300 e. The Morgan fingerprint density at radius 3 is 2.67 bits per heavy atom. The van der Waals surface area contributed by atoms with Gasteiger partial charge in [-0.15, -0.1) is 0 Å². The Bertz CT molecular complexity index is 1320. The summed E-state index contributed by atoms with van der Waals surface area (Å²) in [6.07, 6.45) is 3.07. The summed E-state index contributed by atoms with van der Waals surface area (Å²) in [5, 5.41) is 12.3. The van der Waals surface area contributed by atoms with Crippen LogP contribution in [-0.4, -0.2) is 21.8 Å². The molecule has 5 rings (SSSR count). The summed E-state index contributed by atoms with van der Waals surface area (Å²) in [5.74, 6) is -1.47. The van der Waals surface area contributed by atoms with Gasteiger partial charge in [-0.1, -0.05) is 35.9 Å². The number of nitrogens with one attached hydrogen (secondary N) is 1. The Labute approximate surface area is 176 Å². The summed E-state index contributed by atoms with van der Waals surface area (Å²) in [5.41, 5.74) is 1.63. The van der Waals surface area contributed by atoms with Gasteiger partial charge in [0.25, 0.3) is 11.7 Å². The Balaban J connectivity index is 1.75. The van der Waals surface area contributed by atoms with Crippen molar-refractivity contribution in [3.05, 3.63) is 95.0 Å². The number of aromatic amines is 1. The predicted molar refractivity (Wildman–Crippen MR) is 113 cm³/mol. The van der Waals surface area contributed by atoms with E-state index in [0.29, 0.717) is 22.0 Å². The number of carbonyl (C=O) groups is 2. The molecule has 0 aliphatic carbocycles. The molecule has 7 heteroatoms. The average Bonchev–Trinajstić information content (AvgIpc) is 3.47. The van der Waals surface area contributed by atoms with Crippen molar-refractivity contribution in [2.75, 3.05) is 4.90 Å². The fraction of sp³-hybridized carbons (Fsp3) is 0.0435. The van der Waals surface area contributed by atoms with E-state index in [2.05, 4.69) is 4.98 Å². The molecular formula is C23H15ClN2O4. The Kier molecular flexibility index (Phi) is 4.22. The summed E-state index contributed by atoms with van der Waals surface area (Å²) in [4.78, 5) is 30.4. The van der Waals surface area contributed by atoms with E-state index in [1.165, 1.54) is 11.2 Å². The third-order valence-corrected chi connectivity index (χ3v) is 5.42. The monoisotopic (exact) mass is 418 g/mol. The number of aliphatic hydroxyl groups excluding tert-OH is 1. The number of hydrogen-bond donors (Lipinski definition) is 2. The number of aromatic nitrogens is 1. The molecule has 0 saturated carbocycles. The highest BCUT2D eigenvalue weighted by Gasteiger charge is 2.48. The molecule has 1 fully saturated rings. The molecule has 148 valence electrons. The van der Waals surface area contributed by atoms with E-state index in [1.807, 2.05) is 24.3 Å². The number of halogens is 1. The zero-order valence-corrected chi connectivity index (χ0v) is 16.3. The average molecular weight is 419 g/mol. The molecule has 1 aliphatic heterocycles. The number of nitrogens with zero attached hydrogens (tertiary/aromatic N) is 1. The highest BCUT2D eigenvalue weighted by Crippen LogP contribution is 2.43. The van der Waals surface area contributed by atoms with E-state index in [1.54, 1.807) is 42.6 Å². The molecule has 1 unspecified atom stereocenters. The maximum atomic E-state index is 13.1. The number of furan rings is 1. The van der Waals surface area contributed by atoms with Crippen LogP contribution >= 0.6 is 11.6 Å². The molecule has 1 aliphatic rings. The summed E-state index contributed by atoms with van der Waals surface area (Å²) < 4.78 is 5.55. The number of aliphatic hydroxyl groups is 1. The molecule has 0 radical (unpaired) electrons. The lowest BCUT2D eigenvalue weighted by Gasteiger charge is -2.23. The lowest BCUT2D eigenvalue weighted by Crippen LogP contribution is -2.29. The number of anilines is 1. The van der Waals surface area contributed by atoms with E-state index >= 15 is 0 Å². The van der Waals surface area contributed by atoms with Crippen molar-refractivity contribution in [1.29, 1.82) is 0 Å². The minimum atomic E-state index is -0.924. The van der Waals surface area contributed by atoms with Crippen LogP contribution in [-0.2, 0) is 9.59 Å². The third-order valence-electron chi connectivity index (χ3n) is 5.19. The SMILES string of the molecule is O=C1C(=O)N(c2cccc(Cl)c2)C(c2ccco2)/C1=C(/O)c1c[nH]c2ccccc12. The minimum Gasteiger partial charge on any atom is -0.507 e. The first-order valence-corrected chi connectivity index (χ1v) is 9.60. The van der Waals surface area contributed by atoms with Crippen molar-refractivity contribution in [3.8, 4) is 0 Å². The molecule has 3 heterocycles. The second kappa shape index (κ2) is 6.93. The van der Waals surface area contributed by atoms with E-state index in [0.717, 1.165) is 10.9 Å². The number of ketones is 1. The normalized spacial score (nSPS) is 18.4. The smallest absolute Gasteiger partial charge is 0.300 e. The first kappa shape index (κ1) is 18.3. The number of H-pyrrole nitrogens is 1. The Morgan fingerprint density at radius 1 is 1.07 bits per heavy atom. The van der Waals surface area contributed by atoms with Gasteiger partial charge in [-0.3, -0.25) is 14.5 Å². The maximum absolute atomic E-state index is 13.1. The Morgan fingerprint density at radius 2 is 1.90 bits per heavy atom. The van der Waals surface area contributed by atoms with Crippen LogP contribution in [0.15, 0.2) is 83.1 Å². The minimum absolute atomic E-state index is 0.0420. The molecule has 4 aromatic rings. The number of fused-ring (bicyclic) bond motifs is 1. The van der Waals surface area contributed by atoms with Crippen molar-refractivity contribution in [1.82, 2.24) is 4.98 Å². The summed E-state index contributed by atoms with van der Waals surface area (Å²) in [7, 11) is 0. The number of carbonyl (C=O) groups excluding carboxylic acids is 2. The highest BCUT2D eigenvalue weighted by molar-refractivity contribution is 6.52. The van der Waals surface area contributed by atoms with Crippen LogP contribution in [0.2, 0.25) is 5.02 Å². The summed E-state index contributed by atoms with van der Waals surface area (Å²) in [6, 6.07) is 16.4. The van der Waals surface area contributed by atoms with Crippen LogP contribution in [0.25, 0.3) is 16.7 Å². The van der Waals surface area contributed by atoms with Gasteiger partial charge < -0.3 is 14.5 Å². The fourth-order valence-corrected chi connectivity index (χ4v) is 4.04. The number of amides is 1. The molecule has 2 N–H and O–H groups in total. The van der Waals surface area contributed by atoms with Gasteiger partial charge in [0.15, 0.2) is 0 Å². The van der Waals surface area contributed by atoms with Gasteiger partial charge in [0.05, 0.1) is 11.8 Å². The molecule has 2 aromatic heterocycles. The number of Topliss-reactive ketones (excluding diaryl/α,β-unsaturated/α-hetero) is 1. The summed E-state index contributed by atoms with van der Waals surface area (Å²) >= 11 is 6.11. The Hall–Kier alpha value is -3.77. The van der Waals surface area contributed by atoms with Crippen LogP contribution in [0.4, 0.5) is 5.69 Å². The topological polar surface area (TPSA) is 86.5 Å². The molecule has 1 atom stereocenters. The zero-order chi connectivity index (χ0) is 20.8. The van der Waals surface area contributed by atoms with Crippen LogP contribution < -0.4 is 4.90 Å². The van der Waals surface area contributed by atoms with Gasteiger partial charge in [0.1, 0.15) is 17.6 Å². The zero-order valence-electron chi connectivity index (χ0n) is 15.5.